The number of benzene rings is 2. The van der Waals surface area contributed by atoms with Gasteiger partial charge in [-0.15, -0.1) is 0 Å². The number of rotatable bonds is 8. The van der Waals surface area contributed by atoms with E-state index in [0.29, 0.717) is 22.0 Å². The van der Waals surface area contributed by atoms with E-state index in [1.807, 2.05) is 42.5 Å². The van der Waals surface area contributed by atoms with Gasteiger partial charge in [0.15, 0.2) is 5.16 Å². The highest BCUT2D eigenvalue weighted by molar-refractivity contribution is 7.99. The fraction of sp³-hybridized carbons (Fsp3) is 0.375. The summed E-state index contributed by atoms with van der Waals surface area (Å²) in [5.41, 5.74) is 1.79. The molecule has 0 bridgehead atoms. The number of fused-ring (bicyclic) bond motifs is 1. The van der Waals surface area contributed by atoms with Crippen LogP contribution in [-0.4, -0.2) is 21.2 Å². The Balaban J connectivity index is 1.51. The van der Waals surface area contributed by atoms with Gasteiger partial charge in [0.05, 0.1) is 22.7 Å². The van der Waals surface area contributed by atoms with Crippen LogP contribution < -0.4 is 10.9 Å². The van der Waals surface area contributed by atoms with Crippen molar-refractivity contribution in [2.75, 3.05) is 5.75 Å². The number of hydrogen-bond donors (Lipinski definition) is 1. The molecule has 5 nitrogen and oxygen atoms in total. The van der Waals surface area contributed by atoms with E-state index in [2.05, 4.69) is 31.3 Å². The average Bonchev–Trinajstić information content (AvgIpc) is 3.57. The number of carbonyl (C=O) groups is 1. The summed E-state index contributed by atoms with van der Waals surface area (Å²) in [5.74, 6) is 0.656. The molecule has 1 amide bonds. The minimum Gasteiger partial charge on any atom is -0.349 e. The van der Waals surface area contributed by atoms with Gasteiger partial charge >= 0.3 is 0 Å². The molecule has 6 heteroatoms. The molecule has 0 spiro atoms. The van der Waals surface area contributed by atoms with Crippen molar-refractivity contribution >= 4 is 28.6 Å². The summed E-state index contributed by atoms with van der Waals surface area (Å²) < 4.78 is 1.78. The molecule has 1 fully saturated rings. The van der Waals surface area contributed by atoms with E-state index in [1.54, 1.807) is 4.57 Å². The average molecular weight is 422 g/mol. The molecular weight excluding hydrogens is 394 g/mol. The maximum Gasteiger partial charge on any atom is 0.262 e. The standard InChI is InChI=1S/C24H27N3O2S/c1-16(2)14-21(17-8-4-3-5-9-17)25-22(28)15-30-24-26-20-11-7-6-10-19(20)23(29)27(24)18-12-13-18/h3-11,16,18,21H,12-15H2,1-2H3,(H,25,28)/t21-/m1/s1. The third-order valence-corrected chi connectivity index (χ3v) is 6.22. The molecule has 0 aliphatic heterocycles. The molecule has 2 aromatic carbocycles. The molecule has 30 heavy (non-hydrogen) atoms. The van der Waals surface area contributed by atoms with Gasteiger partial charge in [0.1, 0.15) is 0 Å². The molecular formula is C24H27N3O2S. The van der Waals surface area contributed by atoms with Crippen LogP contribution in [0.1, 0.15) is 50.8 Å². The van der Waals surface area contributed by atoms with Crippen molar-refractivity contribution in [1.82, 2.24) is 14.9 Å². The Kier molecular flexibility index (Phi) is 6.23. The van der Waals surface area contributed by atoms with E-state index in [0.717, 1.165) is 24.8 Å². The molecule has 0 radical (unpaired) electrons. The predicted octanol–water partition coefficient (Wildman–Crippen LogP) is 4.73. The summed E-state index contributed by atoms with van der Waals surface area (Å²) >= 11 is 1.35. The van der Waals surface area contributed by atoms with E-state index >= 15 is 0 Å². The van der Waals surface area contributed by atoms with Gasteiger partial charge in [-0.2, -0.15) is 0 Å². The number of hydrogen-bond acceptors (Lipinski definition) is 4. The van der Waals surface area contributed by atoms with Gasteiger partial charge in [0, 0.05) is 6.04 Å². The second kappa shape index (κ2) is 9.04. The highest BCUT2D eigenvalue weighted by atomic mass is 32.2. The van der Waals surface area contributed by atoms with E-state index in [4.69, 9.17) is 4.98 Å². The zero-order valence-corrected chi connectivity index (χ0v) is 18.2. The van der Waals surface area contributed by atoms with Crippen LogP contribution in [0.15, 0.2) is 64.5 Å². The van der Waals surface area contributed by atoms with Crippen molar-refractivity contribution in [1.29, 1.82) is 0 Å². The Morgan fingerprint density at radius 3 is 2.53 bits per heavy atom. The molecule has 1 aliphatic carbocycles. The first-order valence-corrected chi connectivity index (χ1v) is 11.5. The van der Waals surface area contributed by atoms with Gasteiger partial charge in [-0.25, -0.2) is 4.98 Å². The lowest BCUT2D eigenvalue weighted by molar-refractivity contribution is -0.119. The normalized spacial score (nSPS) is 14.8. The van der Waals surface area contributed by atoms with Crippen molar-refractivity contribution in [3.05, 3.63) is 70.5 Å². The maximum atomic E-state index is 13.0. The highest BCUT2D eigenvalue weighted by Gasteiger charge is 2.29. The van der Waals surface area contributed by atoms with Gasteiger partial charge in [-0.1, -0.05) is 68.1 Å². The van der Waals surface area contributed by atoms with Crippen LogP contribution in [0, 0.1) is 5.92 Å². The van der Waals surface area contributed by atoms with Crippen LogP contribution in [-0.2, 0) is 4.79 Å². The largest absolute Gasteiger partial charge is 0.349 e. The molecule has 0 saturated heterocycles. The SMILES string of the molecule is CC(C)C[C@@H](NC(=O)CSc1nc2ccccc2c(=O)n1C1CC1)c1ccccc1. The number of aromatic nitrogens is 2. The molecule has 3 aromatic rings. The number of carbonyl (C=O) groups excluding carboxylic acids is 1. The van der Waals surface area contributed by atoms with Gasteiger partial charge in [0.2, 0.25) is 5.91 Å². The second-order valence-corrected chi connectivity index (χ2v) is 9.21. The van der Waals surface area contributed by atoms with Gasteiger partial charge in [-0.05, 0) is 42.9 Å². The van der Waals surface area contributed by atoms with Crippen LogP contribution >= 0.6 is 11.8 Å². The van der Waals surface area contributed by atoms with Gasteiger partial charge < -0.3 is 5.32 Å². The number of thioether (sulfide) groups is 1. The Hall–Kier alpha value is -2.60. The monoisotopic (exact) mass is 421 g/mol. The topological polar surface area (TPSA) is 64.0 Å². The van der Waals surface area contributed by atoms with Crippen LogP contribution in [0.3, 0.4) is 0 Å². The molecule has 1 aliphatic rings. The molecule has 1 N–H and O–H groups in total. The fourth-order valence-electron chi connectivity index (χ4n) is 3.68. The van der Waals surface area contributed by atoms with E-state index in [1.165, 1.54) is 11.8 Å². The van der Waals surface area contributed by atoms with Gasteiger partial charge in [-0.3, -0.25) is 14.2 Å². The second-order valence-electron chi connectivity index (χ2n) is 8.27. The Bertz CT molecular complexity index is 1090. The summed E-state index contributed by atoms with van der Waals surface area (Å²) in [6.07, 6.45) is 2.86. The summed E-state index contributed by atoms with van der Waals surface area (Å²) in [5, 5.41) is 4.45. The number of para-hydroxylation sites is 1. The smallest absolute Gasteiger partial charge is 0.262 e. The summed E-state index contributed by atoms with van der Waals surface area (Å²) in [6.45, 7) is 4.31. The first kappa shape index (κ1) is 20.7. The van der Waals surface area contributed by atoms with Crippen molar-refractivity contribution < 1.29 is 4.79 Å². The van der Waals surface area contributed by atoms with E-state index in [-0.39, 0.29) is 29.3 Å². The molecule has 4 rings (SSSR count). The van der Waals surface area contributed by atoms with Crippen LogP contribution in [0.5, 0.6) is 0 Å². The first-order chi connectivity index (χ1) is 14.5. The van der Waals surface area contributed by atoms with E-state index in [9.17, 15) is 9.59 Å². The summed E-state index contributed by atoms with van der Waals surface area (Å²) in [4.78, 5) is 30.4. The predicted molar refractivity (Wildman–Crippen MR) is 122 cm³/mol. The molecule has 1 atom stereocenters. The van der Waals surface area contributed by atoms with Crippen molar-refractivity contribution in [2.45, 2.75) is 50.4 Å². The highest BCUT2D eigenvalue weighted by Crippen LogP contribution is 2.36. The first-order valence-electron chi connectivity index (χ1n) is 10.5. The molecule has 156 valence electrons. The Labute approximate surface area is 180 Å². The molecule has 1 heterocycles. The van der Waals surface area contributed by atoms with Crippen molar-refractivity contribution in [3.63, 3.8) is 0 Å². The Morgan fingerprint density at radius 2 is 1.83 bits per heavy atom. The van der Waals surface area contributed by atoms with Crippen molar-refractivity contribution in [3.8, 4) is 0 Å². The minimum atomic E-state index is -0.0424. The summed E-state index contributed by atoms with van der Waals surface area (Å²) in [7, 11) is 0. The fourth-order valence-corrected chi connectivity index (χ4v) is 4.56. The molecule has 0 unspecified atom stereocenters. The van der Waals surface area contributed by atoms with Crippen LogP contribution in [0.4, 0.5) is 0 Å². The number of nitrogens with one attached hydrogen (secondary N) is 1. The number of nitrogens with zero attached hydrogens (tertiary/aromatic N) is 2. The minimum absolute atomic E-state index is 0.00650. The quantitative estimate of drug-likeness (QED) is 0.422. The Morgan fingerprint density at radius 1 is 1.13 bits per heavy atom. The summed E-state index contributed by atoms with van der Waals surface area (Å²) in [6, 6.07) is 17.7. The lowest BCUT2D eigenvalue weighted by Crippen LogP contribution is -2.31. The third kappa shape index (κ3) is 4.75. The lowest BCUT2D eigenvalue weighted by atomic mass is 9.97. The lowest BCUT2D eigenvalue weighted by Gasteiger charge is -2.21. The maximum absolute atomic E-state index is 13.0. The van der Waals surface area contributed by atoms with Crippen LogP contribution in [0.25, 0.3) is 10.9 Å². The van der Waals surface area contributed by atoms with Crippen LogP contribution in [0.2, 0.25) is 0 Å². The number of amides is 1. The van der Waals surface area contributed by atoms with Crippen molar-refractivity contribution in [2.24, 2.45) is 5.92 Å². The van der Waals surface area contributed by atoms with Gasteiger partial charge in [0.25, 0.3) is 5.56 Å². The molecule has 1 saturated carbocycles. The van der Waals surface area contributed by atoms with E-state index < -0.39 is 0 Å². The third-order valence-electron chi connectivity index (χ3n) is 5.26. The molecule has 1 aromatic heterocycles. The zero-order chi connectivity index (χ0) is 21.1. The zero-order valence-electron chi connectivity index (χ0n) is 17.4.